The summed E-state index contributed by atoms with van der Waals surface area (Å²) in [5, 5.41) is 6.62. The van der Waals surface area contributed by atoms with Gasteiger partial charge < -0.3 is 10.6 Å². The summed E-state index contributed by atoms with van der Waals surface area (Å²) in [5.41, 5.74) is 0. The van der Waals surface area contributed by atoms with Gasteiger partial charge in [0.1, 0.15) is 0 Å². The van der Waals surface area contributed by atoms with Gasteiger partial charge in [0, 0.05) is 18.6 Å². The van der Waals surface area contributed by atoms with Gasteiger partial charge >= 0.3 is 0 Å². The van der Waals surface area contributed by atoms with Crippen LogP contribution in [0.4, 0.5) is 0 Å². The van der Waals surface area contributed by atoms with Gasteiger partial charge in [-0.2, -0.15) is 0 Å². The molecular weight excluding hydrogens is 238 g/mol. The Hall–Kier alpha value is -0.610. The third-order valence-electron chi connectivity index (χ3n) is 4.06. The fourth-order valence-electron chi connectivity index (χ4n) is 2.79. The molecule has 0 aromatic heterocycles. The highest BCUT2D eigenvalue weighted by molar-refractivity contribution is 5.81. The molecule has 3 unspecified atom stereocenters. The summed E-state index contributed by atoms with van der Waals surface area (Å²) in [6, 6.07) is 0.804. The average Bonchev–Trinajstić information content (AvgIpc) is 2.88. The van der Waals surface area contributed by atoms with Crippen LogP contribution in [0.3, 0.4) is 0 Å². The Bertz CT molecular complexity index is 264. The summed E-state index contributed by atoms with van der Waals surface area (Å²) in [6.07, 6.45) is 4.65. The first-order valence-electron chi connectivity index (χ1n) is 7.86. The standard InChI is InChI=1S/C15H31N3O/c1-5-8-12(3)17-15(19)13(4)18(6-2)11-14-9-7-10-16-14/h12-14,16H,5-11H2,1-4H3,(H,17,19). The Morgan fingerprint density at radius 3 is 2.68 bits per heavy atom. The van der Waals surface area contributed by atoms with Crippen molar-refractivity contribution < 1.29 is 4.79 Å². The van der Waals surface area contributed by atoms with Gasteiger partial charge in [-0.25, -0.2) is 0 Å². The lowest BCUT2D eigenvalue weighted by atomic mass is 10.1. The Morgan fingerprint density at radius 2 is 2.16 bits per heavy atom. The molecule has 1 aliphatic rings. The number of amides is 1. The zero-order valence-electron chi connectivity index (χ0n) is 13.0. The first-order chi connectivity index (χ1) is 9.08. The highest BCUT2D eigenvalue weighted by Gasteiger charge is 2.24. The van der Waals surface area contributed by atoms with E-state index in [1.807, 2.05) is 6.92 Å². The zero-order chi connectivity index (χ0) is 14.3. The molecule has 0 aliphatic carbocycles. The lowest BCUT2D eigenvalue weighted by Gasteiger charge is -2.30. The molecule has 112 valence electrons. The van der Waals surface area contributed by atoms with Crippen LogP contribution >= 0.6 is 0 Å². The molecule has 1 aliphatic heterocycles. The third-order valence-corrected chi connectivity index (χ3v) is 4.06. The number of hydrogen-bond acceptors (Lipinski definition) is 3. The molecule has 4 heteroatoms. The minimum atomic E-state index is -0.0355. The molecule has 2 N–H and O–H groups in total. The summed E-state index contributed by atoms with van der Waals surface area (Å²) in [7, 11) is 0. The van der Waals surface area contributed by atoms with Crippen molar-refractivity contribution in [3.8, 4) is 0 Å². The maximum atomic E-state index is 12.2. The quantitative estimate of drug-likeness (QED) is 0.705. The van der Waals surface area contributed by atoms with Crippen LogP contribution in [0, 0.1) is 0 Å². The fourth-order valence-corrected chi connectivity index (χ4v) is 2.79. The molecular formula is C15H31N3O. The van der Waals surface area contributed by atoms with E-state index in [0.29, 0.717) is 6.04 Å². The molecule has 0 aromatic rings. The minimum absolute atomic E-state index is 0.0355. The number of likely N-dealkylation sites (N-methyl/N-ethyl adjacent to an activating group) is 1. The number of rotatable bonds is 8. The van der Waals surface area contributed by atoms with Crippen LogP contribution in [0.15, 0.2) is 0 Å². The Morgan fingerprint density at radius 1 is 1.42 bits per heavy atom. The maximum Gasteiger partial charge on any atom is 0.237 e. The topological polar surface area (TPSA) is 44.4 Å². The van der Waals surface area contributed by atoms with Crippen LogP contribution in [0.5, 0.6) is 0 Å². The summed E-state index contributed by atoms with van der Waals surface area (Å²) < 4.78 is 0. The Kier molecular flexibility index (Phi) is 7.39. The number of hydrogen-bond donors (Lipinski definition) is 2. The van der Waals surface area contributed by atoms with Crippen LogP contribution in [-0.4, -0.2) is 48.6 Å². The van der Waals surface area contributed by atoms with Gasteiger partial charge in [-0.3, -0.25) is 9.69 Å². The predicted octanol–water partition coefficient (Wildman–Crippen LogP) is 1.75. The second-order valence-electron chi connectivity index (χ2n) is 5.76. The molecule has 0 radical (unpaired) electrons. The smallest absolute Gasteiger partial charge is 0.237 e. The number of nitrogens with one attached hydrogen (secondary N) is 2. The summed E-state index contributed by atoms with van der Waals surface area (Å²) >= 11 is 0. The molecule has 0 aromatic carbocycles. The first-order valence-corrected chi connectivity index (χ1v) is 7.86. The van der Waals surface area contributed by atoms with Crippen molar-refractivity contribution >= 4 is 5.91 Å². The van der Waals surface area contributed by atoms with Crippen molar-refractivity contribution in [2.45, 2.75) is 71.5 Å². The largest absolute Gasteiger partial charge is 0.352 e. The molecule has 1 heterocycles. The van der Waals surface area contributed by atoms with Gasteiger partial charge in [0.05, 0.1) is 6.04 Å². The minimum Gasteiger partial charge on any atom is -0.352 e. The summed E-state index contributed by atoms with van der Waals surface area (Å²) in [5.74, 6) is 0.167. The Balaban J connectivity index is 2.42. The van der Waals surface area contributed by atoms with Gasteiger partial charge in [0.15, 0.2) is 0 Å². The highest BCUT2D eigenvalue weighted by atomic mass is 16.2. The highest BCUT2D eigenvalue weighted by Crippen LogP contribution is 2.09. The number of carbonyl (C=O) groups excluding carboxylic acids is 1. The van der Waals surface area contributed by atoms with E-state index in [1.165, 1.54) is 12.8 Å². The second-order valence-corrected chi connectivity index (χ2v) is 5.76. The predicted molar refractivity (Wildman–Crippen MR) is 80.2 cm³/mol. The van der Waals surface area contributed by atoms with Crippen molar-refractivity contribution in [3.63, 3.8) is 0 Å². The van der Waals surface area contributed by atoms with Crippen LogP contribution in [0.25, 0.3) is 0 Å². The van der Waals surface area contributed by atoms with Crippen molar-refractivity contribution in [1.82, 2.24) is 15.5 Å². The van der Waals surface area contributed by atoms with E-state index in [2.05, 4.69) is 36.3 Å². The molecule has 1 rings (SSSR count). The average molecular weight is 269 g/mol. The molecule has 3 atom stereocenters. The van der Waals surface area contributed by atoms with Crippen LogP contribution < -0.4 is 10.6 Å². The lowest BCUT2D eigenvalue weighted by Crippen LogP contribution is -2.50. The SMILES string of the molecule is CCCC(C)NC(=O)C(C)N(CC)CC1CCCN1. The molecule has 0 bridgehead atoms. The van der Waals surface area contributed by atoms with E-state index in [1.54, 1.807) is 0 Å². The van der Waals surface area contributed by atoms with Crippen LogP contribution in [0.2, 0.25) is 0 Å². The number of nitrogens with zero attached hydrogens (tertiary/aromatic N) is 1. The fraction of sp³-hybridized carbons (Fsp3) is 0.933. The Labute approximate surface area is 118 Å². The molecule has 0 spiro atoms. The summed E-state index contributed by atoms with van der Waals surface area (Å²) in [4.78, 5) is 14.5. The maximum absolute atomic E-state index is 12.2. The van der Waals surface area contributed by atoms with Crippen molar-refractivity contribution in [1.29, 1.82) is 0 Å². The van der Waals surface area contributed by atoms with Crippen molar-refractivity contribution in [2.75, 3.05) is 19.6 Å². The lowest BCUT2D eigenvalue weighted by molar-refractivity contribution is -0.126. The van der Waals surface area contributed by atoms with E-state index in [9.17, 15) is 4.79 Å². The number of carbonyl (C=O) groups is 1. The first kappa shape index (κ1) is 16.4. The molecule has 1 fully saturated rings. The molecule has 0 saturated carbocycles. The summed E-state index contributed by atoms with van der Waals surface area (Å²) in [6.45, 7) is 11.4. The monoisotopic (exact) mass is 269 g/mol. The molecule has 1 amide bonds. The van der Waals surface area contributed by atoms with E-state index in [4.69, 9.17) is 0 Å². The van der Waals surface area contributed by atoms with Gasteiger partial charge in [0.2, 0.25) is 5.91 Å². The van der Waals surface area contributed by atoms with E-state index in [0.717, 1.165) is 32.5 Å². The molecule has 4 nitrogen and oxygen atoms in total. The van der Waals surface area contributed by atoms with E-state index >= 15 is 0 Å². The van der Waals surface area contributed by atoms with Crippen molar-refractivity contribution in [3.05, 3.63) is 0 Å². The normalized spacial score (nSPS) is 22.5. The van der Waals surface area contributed by atoms with Gasteiger partial charge in [0.25, 0.3) is 0 Å². The van der Waals surface area contributed by atoms with Crippen LogP contribution in [0.1, 0.15) is 53.4 Å². The van der Waals surface area contributed by atoms with Gasteiger partial charge in [-0.05, 0) is 46.2 Å². The molecule has 19 heavy (non-hydrogen) atoms. The van der Waals surface area contributed by atoms with Crippen LogP contribution in [-0.2, 0) is 4.79 Å². The van der Waals surface area contributed by atoms with Gasteiger partial charge in [-0.15, -0.1) is 0 Å². The third kappa shape index (κ3) is 5.49. The zero-order valence-corrected chi connectivity index (χ0v) is 13.0. The van der Waals surface area contributed by atoms with Gasteiger partial charge in [-0.1, -0.05) is 20.3 Å². The van der Waals surface area contributed by atoms with E-state index < -0.39 is 0 Å². The molecule has 1 saturated heterocycles. The second kappa shape index (κ2) is 8.54. The van der Waals surface area contributed by atoms with E-state index in [-0.39, 0.29) is 18.0 Å². The van der Waals surface area contributed by atoms with Crippen molar-refractivity contribution in [2.24, 2.45) is 0 Å².